The summed E-state index contributed by atoms with van der Waals surface area (Å²) < 4.78 is 25.3. The second kappa shape index (κ2) is 6.80. The van der Waals surface area contributed by atoms with Gasteiger partial charge in [-0.05, 0) is 19.8 Å². The van der Waals surface area contributed by atoms with E-state index in [0.717, 1.165) is 0 Å². The minimum Gasteiger partial charge on any atom is -0.343 e. The lowest BCUT2D eigenvalue weighted by molar-refractivity contribution is -0.137. The van der Waals surface area contributed by atoms with E-state index in [0.29, 0.717) is 6.42 Å². The van der Waals surface area contributed by atoms with Crippen LogP contribution in [0.5, 0.6) is 0 Å². The van der Waals surface area contributed by atoms with Crippen LogP contribution in [0.4, 0.5) is 0 Å². The van der Waals surface area contributed by atoms with Gasteiger partial charge in [0.1, 0.15) is 6.04 Å². The summed E-state index contributed by atoms with van der Waals surface area (Å²) in [4.78, 5) is 34.2. The molecule has 0 aromatic heterocycles. The van der Waals surface area contributed by atoms with Crippen molar-refractivity contribution in [2.45, 2.75) is 45.2 Å². The van der Waals surface area contributed by atoms with E-state index in [4.69, 9.17) is 0 Å². The molecule has 1 aliphatic heterocycles. The van der Waals surface area contributed by atoms with Gasteiger partial charge < -0.3 is 5.32 Å². The second-order valence-corrected chi connectivity index (χ2v) is 6.54. The van der Waals surface area contributed by atoms with Gasteiger partial charge in [-0.15, -0.1) is 0 Å². The molecule has 3 amide bonds. The Labute approximate surface area is 117 Å². The van der Waals surface area contributed by atoms with Crippen LogP contribution in [-0.2, 0) is 24.4 Å². The van der Waals surface area contributed by atoms with E-state index in [2.05, 4.69) is 15.4 Å². The molecular formula is C11H19N3O5S. The Bertz CT molecular complexity index is 502. The van der Waals surface area contributed by atoms with Crippen LogP contribution in [0.2, 0.25) is 0 Å². The summed E-state index contributed by atoms with van der Waals surface area (Å²) in [6, 6.07) is -1.78. The summed E-state index contributed by atoms with van der Waals surface area (Å²) in [5.41, 5.74) is 0. The lowest BCUT2D eigenvalue weighted by atomic mass is 10.1. The number of nitrogens with one attached hydrogen (secondary N) is 3. The van der Waals surface area contributed by atoms with E-state index >= 15 is 0 Å². The maximum Gasteiger partial charge on any atom is 0.249 e. The van der Waals surface area contributed by atoms with Gasteiger partial charge in [0.15, 0.2) is 0 Å². The number of piperidine rings is 1. The molecule has 9 heteroatoms. The van der Waals surface area contributed by atoms with Crippen molar-refractivity contribution in [3.05, 3.63) is 0 Å². The van der Waals surface area contributed by atoms with Gasteiger partial charge in [-0.25, -0.2) is 13.1 Å². The number of hydrogen-bond donors (Lipinski definition) is 3. The minimum absolute atomic E-state index is 0.0664. The monoisotopic (exact) mass is 305 g/mol. The van der Waals surface area contributed by atoms with Crippen LogP contribution >= 0.6 is 0 Å². The Morgan fingerprint density at radius 2 is 2.10 bits per heavy atom. The van der Waals surface area contributed by atoms with Gasteiger partial charge in [0, 0.05) is 6.42 Å². The summed E-state index contributed by atoms with van der Waals surface area (Å²) in [5.74, 6) is -1.61. The predicted molar refractivity (Wildman–Crippen MR) is 71.0 cm³/mol. The third-order valence-corrected chi connectivity index (χ3v) is 4.44. The summed E-state index contributed by atoms with van der Waals surface area (Å²) in [6.45, 7) is 3.11. The standard InChI is InChI=1S/C11H19N3O5S/c1-3-6-20(18,19)14-7(2)10(16)12-8-4-5-9(15)13-11(8)17/h7-8,14H,3-6H2,1-2H3,(H,12,16)(H,13,15,17). The smallest absolute Gasteiger partial charge is 0.249 e. The number of amides is 3. The maximum absolute atomic E-state index is 11.8. The van der Waals surface area contributed by atoms with E-state index < -0.39 is 33.9 Å². The van der Waals surface area contributed by atoms with Gasteiger partial charge in [0.25, 0.3) is 0 Å². The molecule has 2 unspecified atom stereocenters. The van der Waals surface area contributed by atoms with Crippen LogP contribution in [0.15, 0.2) is 0 Å². The lowest BCUT2D eigenvalue weighted by Gasteiger charge is -2.23. The first-order valence-electron chi connectivity index (χ1n) is 6.39. The molecule has 20 heavy (non-hydrogen) atoms. The van der Waals surface area contributed by atoms with Crippen LogP contribution in [-0.4, -0.2) is 44.0 Å². The molecule has 114 valence electrons. The maximum atomic E-state index is 11.8. The van der Waals surface area contributed by atoms with Crippen molar-refractivity contribution in [2.24, 2.45) is 0 Å². The zero-order valence-corrected chi connectivity index (χ0v) is 12.2. The molecule has 0 bridgehead atoms. The van der Waals surface area contributed by atoms with Crippen molar-refractivity contribution in [3.8, 4) is 0 Å². The van der Waals surface area contributed by atoms with Gasteiger partial charge in [0.05, 0.1) is 11.8 Å². The number of carbonyl (C=O) groups excluding carboxylic acids is 3. The molecule has 0 aliphatic carbocycles. The first-order chi connectivity index (χ1) is 9.25. The molecule has 1 heterocycles. The van der Waals surface area contributed by atoms with Crippen molar-refractivity contribution < 1.29 is 22.8 Å². The van der Waals surface area contributed by atoms with Gasteiger partial charge >= 0.3 is 0 Å². The molecule has 1 saturated heterocycles. The first kappa shape index (κ1) is 16.6. The van der Waals surface area contributed by atoms with Gasteiger partial charge in [-0.1, -0.05) is 6.92 Å². The van der Waals surface area contributed by atoms with Gasteiger partial charge in [-0.2, -0.15) is 0 Å². The fourth-order valence-electron chi connectivity index (χ4n) is 1.78. The zero-order valence-electron chi connectivity index (χ0n) is 11.4. The number of hydrogen-bond acceptors (Lipinski definition) is 5. The Morgan fingerprint density at radius 3 is 2.65 bits per heavy atom. The van der Waals surface area contributed by atoms with E-state index in [9.17, 15) is 22.8 Å². The van der Waals surface area contributed by atoms with Gasteiger partial charge in [0.2, 0.25) is 27.7 Å². The Morgan fingerprint density at radius 1 is 1.45 bits per heavy atom. The summed E-state index contributed by atoms with van der Waals surface area (Å²) >= 11 is 0. The molecule has 2 atom stereocenters. The number of imide groups is 1. The highest BCUT2D eigenvalue weighted by Crippen LogP contribution is 2.04. The molecular weight excluding hydrogens is 286 g/mol. The predicted octanol–water partition coefficient (Wildman–Crippen LogP) is -1.37. The highest BCUT2D eigenvalue weighted by molar-refractivity contribution is 7.89. The molecule has 1 fully saturated rings. The average Bonchev–Trinajstić information content (AvgIpc) is 2.31. The van der Waals surface area contributed by atoms with Crippen LogP contribution in [0.25, 0.3) is 0 Å². The van der Waals surface area contributed by atoms with Crippen molar-refractivity contribution in [3.63, 3.8) is 0 Å². The lowest BCUT2D eigenvalue weighted by Crippen LogP contribution is -2.56. The molecule has 0 radical (unpaired) electrons. The molecule has 1 aliphatic rings. The second-order valence-electron chi connectivity index (χ2n) is 4.67. The number of sulfonamides is 1. The molecule has 0 saturated carbocycles. The van der Waals surface area contributed by atoms with E-state index in [1.165, 1.54) is 6.92 Å². The van der Waals surface area contributed by atoms with E-state index in [-0.39, 0.29) is 24.5 Å². The van der Waals surface area contributed by atoms with E-state index in [1.807, 2.05) is 0 Å². The molecule has 3 N–H and O–H groups in total. The molecule has 8 nitrogen and oxygen atoms in total. The van der Waals surface area contributed by atoms with Gasteiger partial charge in [-0.3, -0.25) is 19.7 Å². The highest BCUT2D eigenvalue weighted by atomic mass is 32.2. The van der Waals surface area contributed by atoms with Crippen molar-refractivity contribution in [1.82, 2.24) is 15.4 Å². The first-order valence-corrected chi connectivity index (χ1v) is 8.04. The fraction of sp³-hybridized carbons (Fsp3) is 0.727. The number of carbonyl (C=O) groups is 3. The summed E-state index contributed by atoms with van der Waals surface area (Å²) in [6.07, 6.45) is 0.800. The third-order valence-electron chi connectivity index (χ3n) is 2.78. The topological polar surface area (TPSA) is 121 Å². The third kappa shape index (κ3) is 4.89. The van der Waals surface area contributed by atoms with Crippen LogP contribution in [0.1, 0.15) is 33.1 Å². The molecule has 1 rings (SSSR count). The van der Waals surface area contributed by atoms with Crippen LogP contribution in [0, 0.1) is 0 Å². The van der Waals surface area contributed by atoms with Crippen molar-refractivity contribution >= 4 is 27.7 Å². The normalized spacial score (nSPS) is 21.2. The summed E-state index contributed by atoms with van der Waals surface area (Å²) in [5, 5.41) is 4.53. The van der Waals surface area contributed by atoms with Crippen LogP contribution < -0.4 is 15.4 Å². The fourth-order valence-corrected chi connectivity index (χ4v) is 3.08. The Hall–Kier alpha value is -1.48. The summed E-state index contributed by atoms with van der Waals surface area (Å²) in [7, 11) is -3.50. The Kier molecular flexibility index (Phi) is 5.63. The molecule has 0 aromatic rings. The quantitative estimate of drug-likeness (QED) is 0.522. The van der Waals surface area contributed by atoms with Crippen molar-refractivity contribution in [2.75, 3.05) is 5.75 Å². The zero-order chi connectivity index (χ0) is 15.3. The molecule has 0 aromatic carbocycles. The van der Waals surface area contributed by atoms with Crippen molar-refractivity contribution in [1.29, 1.82) is 0 Å². The van der Waals surface area contributed by atoms with E-state index in [1.54, 1.807) is 6.92 Å². The highest BCUT2D eigenvalue weighted by Gasteiger charge is 2.29. The number of rotatable bonds is 6. The largest absolute Gasteiger partial charge is 0.343 e. The minimum atomic E-state index is -3.50. The SMILES string of the molecule is CCCS(=O)(=O)NC(C)C(=O)NC1CCC(=O)NC1=O. The van der Waals surface area contributed by atoms with Crippen LogP contribution in [0.3, 0.4) is 0 Å². The Balaban J connectivity index is 2.54. The average molecular weight is 305 g/mol. The molecule has 0 spiro atoms.